The van der Waals surface area contributed by atoms with Gasteiger partial charge in [0.05, 0.1) is 0 Å². The summed E-state index contributed by atoms with van der Waals surface area (Å²) in [6, 6.07) is 0. The summed E-state index contributed by atoms with van der Waals surface area (Å²) in [4.78, 5) is 0. The summed E-state index contributed by atoms with van der Waals surface area (Å²) in [5, 5.41) is 0. The van der Waals surface area contributed by atoms with E-state index in [1.807, 2.05) is 0 Å². The molecule has 0 aliphatic heterocycles. The number of alkyl halides is 6. The van der Waals surface area contributed by atoms with E-state index in [0.29, 0.717) is 0 Å². The Hall–Kier alpha value is 0.123. The summed E-state index contributed by atoms with van der Waals surface area (Å²) in [5.74, 6) is 0. The fourth-order valence-electron chi connectivity index (χ4n) is 0.163. The van der Waals surface area contributed by atoms with E-state index in [2.05, 4.69) is 7.13 Å². The van der Waals surface area contributed by atoms with Crippen molar-refractivity contribution in [3.63, 3.8) is 0 Å². The van der Waals surface area contributed by atoms with Crippen molar-refractivity contribution >= 4 is 0 Å². The second kappa shape index (κ2) is 3.68. The van der Waals surface area contributed by atoms with Crippen molar-refractivity contribution in [3.8, 4) is 0 Å². The first-order valence-electron chi connectivity index (χ1n) is 2.12. The molecule has 0 radical (unpaired) electrons. The van der Waals surface area contributed by atoms with E-state index in [0.717, 1.165) is 0 Å². The molecule has 2 nitrogen and oxygen atoms in total. The molecule has 0 fully saturated rings. The molecule has 0 aliphatic rings. The van der Waals surface area contributed by atoms with E-state index in [9.17, 15) is 26.3 Å². The number of hydrogen-bond acceptors (Lipinski definition) is 2. The fraction of sp³-hybridized carbons (Fsp3) is 1.00. The Morgan fingerprint density at radius 3 is 1.18 bits per heavy atom. The van der Waals surface area contributed by atoms with Gasteiger partial charge in [0, 0.05) is 0 Å². The average Bonchev–Trinajstić information content (AvgIpc) is 1.55. The second-order valence-electron chi connectivity index (χ2n) is 1.30. The summed E-state index contributed by atoms with van der Waals surface area (Å²) >= 11 is -3.45. The van der Waals surface area contributed by atoms with Crippen LogP contribution in [0.25, 0.3) is 0 Å². The van der Waals surface area contributed by atoms with Gasteiger partial charge in [-0.05, 0) is 0 Å². The van der Waals surface area contributed by atoms with Gasteiger partial charge in [-0.25, -0.2) is 0 Å². The van der Waals surface area contributed by atoms with Gasteiger partial charge in [0.15, 0.2) is 0 Å². The summed E-state index contributed by atoms with van der Waals surface area (Å²) in [7, 11) is 0. The fourth-order valence-corrected chi connectivity index (χ4v) is 0.847. The zero-order valence-corrected chi connectivity index (χ0v) is 7.76. The maximum atomic E-state index is 11.0. The van der Waals surface area contributed by atoms with Crippen LogP contribution >= 0.6 is 0 Å². The van der Waals surface area contributed by atoms with Gasteiger partial charge >= 0.3 is 64.0 Å². The van der Waals surface area contributed by atoms with Gasteiger partial charge in [-0.3, -0.25) is 0 Å². The Labute approximate surface area is 64.9 Å². The first-order valence-corrected chi connectivity index (χ1v) is 4.54. The monoisotopic (exact) mass is 234 g/mol. The molecule has 0 amide bonds. The van der Waals surface area contributed by atoms with E-state index in [4.69, 9.17) is 0 Å². The van der Waals surface area contributed by atoms with Gasteiger partial charge < -0.3 is 0 Å². The number of halogens is 6. The van der Waals surface area contributed by atoms with E-state index in [-0.39, 0.29) is 0 Å². The van der Waals surface area contributed by atoms with Gasteiger partial charge in [-0.1, -0.05) is 0 Å². The Morgan fingerprint density at radius 2 is 1.00 bits per heavy atom. The Bertz CT molecular complexity index is 103. The number of hydrogen-bond donors (Lipinski definition) is 0. The molecule has 0 aliphatic carbocycles. The third-order valence-corrected chi connectivity index (χ3v) is 2.31. The zero-order valence-electron chi connectivity index (χ0n) is 4.79. The summed E-state index contributed by atoms with van der Waals surface area (Å²) in [5.41, 5.74) is 0. The first kappa shape index (κ1) is 11.1. The van der Waals surface area contributed by atoms with Crippen LogP contribution in [-0.4, -0.2) is 12.7 Å². The van der Waals surface area contributed by atoms with Crippen LogP contribution in [0.3, 0.4) is 0 Å². The first-order chi connectivity index (χ1) is 4.71. The molecule has 0 rings (SSSR count). The Balaban J connectivity index is 3.44. The van der Waals surface area contributed by atoms with Gasteiger partial charge in [0.1, 0.15) is 0 Å². The molecular formula is C2F6O2Zn. The van der Waals surface area contributed by atoms with E-state index >= 15 is 0 Å². The van der Waals surface area contributed by atoms with Gasteiger partial charge in [0.25, 0.3) is 0 Å². The summed E-state index contributed by atoms with van der Waals surface area (Å²) < 4.78 is 71.8. The molecule has 0 aromatic heterocycles. The molecule has 9 heteroatoms. The minimum absolute atomic E-state index is 2.85. The molecule has 0 aromatic rings. The molecule has 11 heavy (non-hydrogen) atoms. The molecule has 0 aromatic carbocycles. The molecule has 0 atom stereocenters. The van der Waals surface area contributed by atoms with Crippen molar-refractivity contribution in [2.75, 3.05) is 0 Å². The van der Waals surface area contributed by atoms with Crippen molar-refractivity contribution in [3.05, 3.63) is 0 Å². The average molecular weight is 235 g/mol. The van der Waals surface area contributed by atoms with E-state index in [1.54, 1.807) is 0 Å². The van der Waals surface area contributed by atoms with Crippen molar-refractivity contribution in [1.82, 2.24) is 0 Å². The third kappa shape index (κ3) is 10.1. The van der Waals surface area contributed by atoms with Crippen molar-refractivity contribution in [2.45, 2.75) is 12.7 Å². The molecule has 0 N–H and O–H groups in total. The van der Waals surface area contributed by atoms with Crippen molar-refractivity contribution in [2.24, 2.45) is 0 Å². The molecule has 0 saturated heterocycles. The SMILES string of the molecule is FC(F)(F)[O][Zn][O]C(F)(F)F. The number of rotatable bonds is 2. The van der Waals surface area contributed by atoms with E-state index in [1.165, 1.54) is 0 Å². The molecule has 0 heterocycles. The zero-order chi connectivity index (χ0) is 9.12. The van der Waals surface area contributed by atoms with Gasteiger partial charge in [-0.15, -0.1) is 0 Å². The predicted molar refractivity (Wildman–Crippen MR) is 14.3 cm³/mol. The second-order valence-corrected chi connectivity index (χ2v) is 3.00. The van der Waals surface area contributed by atoms with Crippen LogP contribution < -0.4 is 0 Å². The molecule has 0 spiro atoms. The predicted octanol–water partition coefficient (Wildman–Crippen LogP) is 1.97. The summed E-state index contributed by atoms with van der Waals surface area (Å²) in [6.07, 6.45) is -10.0. The molecule has 0 unspecified atom stereocenters. The van der Waals surface area contributed by atoms with Crippen LogP contribution in [0.1, 0.15) is 0 Å². The van der Waals surface area contributed by atoms with Crippen molar-refractivity contribution in [1.29, 1.82) is 0 Å². The Kier molecular flexibility index (Phi) is 3.73. The van der Waals surface area contributed by atoms with Crippen LogP contribution in [0, 0.1) is 0 Å². The van der Waals surface area contributed by atoms with E-state index < -0.39 is 30.6 Å². The van der Waals surface area contributed by atoms with Gasteiger partial charge in [0.2, 0.25) is 0 Å². The Morgan fingerprint density at radius 1 is 0.727 bits per heavy atom. The van der Waals surface area contributed by atoms with Crippen molar-refractivity contribution < 1.29 is 51.3 Å². The molecule has 0 bridgehead atoms. The quantitative estimate of drug-likeness (QED) is 0.538. The van der Waals surface area contributed by atoms with Crippen LogP contribution in [0.5, 0.6) is 0 Å². The molecule has 64 valence electrons. The van der Waals surface area contributed by atoms with Crippen LogP contribution in [-0.2, 0) is 25.0 Å². The third-order valence-electron chi connectivity index (χ3n) is 0.445. The minimum atomic E-state index is -5.02. The normalized spacial score (nSPS) is 12.9. The summed E-state index contributed by atoms with van der Waals surface area (Å²) in [6.45, 7) is 0. The van der Waals surface area contributed by atoms with Crippen LogP contribution in [0.4, 0.5) is 26.3 Å². The topological polar surface area (TPSA) is 18.5 Å². The maximum absolute atomic E-state index is 11.0. The molecule has 0 saturated carbocycles. The standard InChI is InChI=1S/2CF3O.Zn/c2*2-1(3,4)5;/q2*-1;+2. The van der Waals surface area contributed by atoms with Crippen LogP contribution in [0.15, 0.2) is 0 Å². The van der Waals surface area contributed by atoms with Gasteiger partial charge in [-0.2, -0.15) is 0 Å². The molecular weight excluding hydrogens is 235 g/mol. The van der Waals surface area contributed by atoms with Crippen LogP contribution in [0.2, 0.25) is 0 Å².